The average Bonchev–Trinajstić information content (AvgIpc) is 2.82. The predicted molar refractivity (Wildman–Crippen MR) is 127 cm³/mol. The molecule has 32 heavy (non-hydrogen) atoms. The van der Waals surface area contributed by atoms with Gasteiger partial charge >= 0.3 is 0 Å². The molecule has 6 nitrogen and oxygen atoms in total. The van der Waals surface area contributed by atoms with Gasteiger partial charge in [0.2, 0.25) is 5.91 Å². The van der Waals surface area contributed by atoms with Crippen LogP contribution in [-0.4, -0.2) is 61.5 Å². The average molecular weight is 440 g/mol. The lowest BCUT2D eigenvalue weighted by molar-refractivity contribution is -0.189. The van der Waals surface area contributed by atoms with E-state index in [1.54, 1.807) is 13.3 Å². The van der Waals surface area contributed by atoms with Gasteiger partial charge in [-0.05, 0) is 69.0 Å². The lowest BCUT2D eigenvalue weighted by atomic mass is 10.0. The maximum absolute atomic E-state index is 12.2. The van der Waals surface area contributed by atoms with Crippen molar-refractivity contribution in [3.63, 3.8) is 0 Å². The van der Waals surface area contributed by atoms with Crippen molar-refractivity contribution in [2.45, 2.75) is 63.9 Å². The molecule has 1 fully saturated rings. The maximum Gasteiger partial charge on any atom is 0.220 e. The molecule has 1 aliphatic rings. The number of amides is 1. The van der Waals surface area contributed by atoms with E-state index in [9.17, 15) is 4.79 Å². The van der Waals surface area contributed by atoms with Crippen LogP contribution in [0.25, 0.3) is 11.1 Å². The Morgan fingerprint density at radius 2 is 2.00 bits per heavy atom. The summed E-state index contributed by atoms with van der Waals surface area (Å²) in [4.78, 5) is 18.7. The Morgan fingerprint density at radius 3 is 2.72 bits per heavy atom. The van der Waals surface area contributed by atoms with Crippen LogP contribution in [0.3, 0.4) is 0 Å². The molecule has 174 valence electrons. The summed E-state index contributed by atoms with van der Waals surface area (Å²) in [6.45, 7) is 3.71. The molecule has 1 N–H and O–H groups in total. The molecule has 1 aliphatic heterocycles. The van der Waals surface area contributed by atoms with Crippen molar-refractivity contribution in [3.8, 4) is 11.1 Å². The van der Waals surface area contributed by atoms with E-state index in [0.717, 1.165) is 44.2 Å². The molecule has 0 bridgehead atoms. The predicted octanol–water partition coefficient (Wildman–Crippen LogP) is 4.05. The van der Waals surface area contributed by atoms with Gasteiger partial charge in [0.15, 0.2) is 6.29 Å². The van der Waals surface area contributed by atoms with Crippen LogP contribution < -0.4 is 5.32 Å². The molecule has 0 unspecified atom stereocenters. The first-order chi connectivity index (χ1) is 15.5. The topological polar surface area (TPSA) is 63.7 Å². The largest absolute Gasteiger partial charge is 0.356 e. The Bertz CT molecular complexity index is 813. The van der Waals surface area contributed by atoms with Crippen LogP contribution in [0.15, 0.2) is 48.8 Å². The van der Waals surface area contributed by atoms with Gasteiger partial charge in [-0.1, -0.05) is 30.3 Å². The van der Waals surface area contributed by atoms with Crippen molar-refractivity contribution in [1.29, 1.82) is 0 Å². The fourth-order valence-electron chi connectivity index (χ4n) is 4.26. The highest BCUT2D eigenvalue weighted by molar-refractivity contribution is 5.75. The fraction of sp³-hybridized carbons (Fsp3) is 0.538. The first kappa shape index (κ1) is 24.4. The Kier molecular flexibility index (Phi) is 9.65. The first-order valence-corrected chi connectivity index (χ1v) is 11.7. The minimum atomic E-state index is -0.124. The molecule has 3 rings (SSSR count). The van der Waals surface area contributed by atoms with E-state index in [1.807, 2.05) is 12.3 Å². The summed E-state index contributed by atoms with van der Waals surface area (Å²) in [7, 11) is 3.83. The van der Waals surface area contributed by atoms with Gasteiger partial charge in [0.1, 0.15) is 0 Å². The van der Waals surface area contributed by atoms with Gasteiger partial charge in [0, 0.05) is 44.9 Å². The van der Waals surface area contributed by atoms with E-state index >= 15 is 0 Å². The lowest BCUT2D eigenvalue weighted by Gasteiger charge is -2.37. The number of benzene rings is 1. The molecule has 0 radical (unpaired) electrons. The number of aromatic nitrogens is 1. The van der Waals surface area contributed by atoms with Gasteiger partial charge in [0.05, 0.1) is 6.10 Å². The summed E-state index contributed by atoms with van der Waals surface area (Å²) in [6, 6.07) is 13.0. The number of rotatable bonds is 11. The monoisotopic (exact) mass is 439 g/mol. The zero-order valence-corrected chi connectivity index (χ0v) is 19.6. The summed E-state index contributed by atoms with van der Waals surface area (Å²) in [5, 5.41) is 3.06. The van der Waals surface area contributed by atoms with E-state index in [2.05, 4.69) is 59.5 Å². The minimum absolute atomic E-state index is 0.124. The summed E-state index contributed by atoms with van der Waals surface area (Å²) < 4.78 is 11.1. The molecule has 1 aromatic heterocycles. The summed E-state index contributed by atoms with van der Waals surface area (Å²) in [6.07, 6.45) is 8.96. The number of nitrogens with zero attached hydrogens (tertiary/aromatic N) is 2. The maximum atomic E-state index is 12.2. The van der Waals surface area contributed by atoms with Crippen molar-refractivity contribution in [2.75, 3.05) is 27.2 Å². The summed E-state index contributed by atoms with van der Waals surface area (Å²) >= 11 is 0. The third kappa shape index (κ3) is 7.69. The number of hydrogen-bond donors (Lipinski definition) is 1. The molecular weight excluding hydrogens is 402 g/mol. The molecule has 0 saturated carbocycles. The highest BCUT2D eigenvalue weighted by atomic mass is 16.7. The number of pyridine rings is 1. The summed E-state index contributed by atoms with van der Waals surface area (Å²) in [5.74, 6) is 0.139. The van der Waals surface area contributed by atoms with Crippen LogP contribution in [0, 0.1) is 0 Å². The standard InChI is InChI=1S/C26H37N3O3/c1-20-17-24(18-26(31-3)32-20)29(2)16-6-9-25(30)28-15-4-7-21-10-12-22(13-11-21)23-8-5-14-27-19-23/h5,8,10-14,19-20,24,26H,4,6-7,9,15-18H2,1-3H3,(H,28,30)/t20-,24+,26-/m1/s1. The molecule has 0 spiro atoms. The van der Waals surface area contributed by atoms with Crippen LogP contribution in [0.2, 0.25) is 0 Å². The second-order valence-electron chi connectivity index (χ2n) is 8.71. The minimum Gasteiger partial charge on any atom is -0.356 e. The molecule has 3 atom stereocenters. The van der Waals surface area contributed by atoms with E-state index in [1.165, 1.54) is 11.1 Å². The number of hydrogen-bond acceptors (Lipinski definition) is 5. The van der Waals surface area contributed by atoms with Crippen molar-refractivity contribution < 1.29 is 14.3 Å². The Morgan fingerprint density at radius 1 is 1.19 bits per heavy atom. The van der Waals surface area contributed by atoms with Crippen LogP contribution >= 0.6 is 0 Å². The number of carbonyl (C=O) groups excluding carboxylic acids is 1. The third-order valence-corrected chi connectivity index (χ3v) is 6.17. The van der Waals surface area contributed by atoms with Crippen LogP contribution in [0.4, 0.5) is 0 Å². The zero-order valence-electron chi connectivity index (χ0n) is 19.6. The van der Waals surface area contributed by atoms with Gasteiger partial charge in [-0.2, -0.15) is 0 Å². The second-order valence-corrected chi connectivity index (χ2v) is 8.71. The van der Waals surface area contributed by atoms with Crippen molar-refractivity contribution in [1.82, 2.24) is 15.2 Å². The molecule has 1 saturated heterocycles. The number of aryl methyl sites for hydroxylation is 1. The molecule has 2 heterocycles. The van der Waals surface area contributed by atoms with Crippen molar-refractivity contribution >= 4 is 5.91 Å². The van der Waals surface area contributed by atoms with E-state index in [0.29, 0.717) is 19.0 Å². The zero-order chi connectivity index (χ0) is 22.8. The summed E-state index contributed by atoms with van der Waals surface area (Å²) in [5.41, 5.74) is 3.59. The molecule has 1 amide bonds. The third-order valence-electron chi connectivity index (χ3n) is 6.17. The molecule has 0 aliphatic carbocycles. The Labute approximate surface area is 192 Å². The number of methoxy groups -OCH3 is 1. The number of carbonyl (C=O) groups is 1. The van der Waals surface area contributed by atoms with Gasteiger partial charge in [-0.25, -0.2) is 0 Å². The van der Waals surface area contributed by atoms with Gasteiger partial charge in [-0.15, -0.1) is 0 Å². The molecule has 6 heteroatoms. The normalized spacial score (nSPS) is 20.9. The van der Waals surface area contributed by atoms with Crippen molar-refractivity contribution in [2.24, 2.45) is 0 Å². The number of nitrogens with one attached hydrogen (secondary N) is 1. The molecular formula is C26H37N3O3. The van der Waals surface area contributed by atoms with Crippen LogP contribution in [0.5, 0.6) is 0 Å². The van der Waals surface area contributed by atoms with Gasteiger partial charge in [-0.3, -0.25) is 9.78 Å². The van der Waals surface area contributed by atoms with Crippen molar-refractivity contribution in [3.05, 3.63) is 54.4 Å². The quantitative estimate of drug-likeness (QED) is 0.535. The fourth-order valence-corrected chi connectivity index (χ4v) is 4.26. The van der Waals surface area contributed by atoms with Crippen LogP contribution in [-0.2, 0) is 20.7 Å². The second kappa shape index (κ2) is 12.7. The first-order valence-electron chi connectivity index (χ1n) is 11.7. The van der Waals surface area contributed by atoms with Gasteiger partial charge < -0.3 is 19.7 Å². The highest BCUT2D eigenvalue weighted by Gasteiger charge is 2.29. The Hall–Kier alpha value is -2.28. The van der Waals surface area contributed by atoms with E-state index < -0.39 is 0 Å². The molecule has 1 aromatic carbocycles. The Balaban J connectivity index is 1.28. The lowest BCUT2D eigenvalue weighted by Crippen LogP contribution is -2.44. The number of ether oxygens (including phenoxy) is 2. The SMILES string of the molecule is CO[C@H]1C[C@@H](N(C)CCCC(=O)NCCCc2ccc(-c3cccnc3)cc2)C[C@@H](C)O1. The highest BCUT2D eigenvalue weighted by Crippen LogP contribution is 2.23. The smallest absolute Gasteiger partial charge is 0.220 e. The molecule has 2 aromatic rings. The van der Waals surface area contributed by atoms with E-state index in [-0.39, 0.29) is 18.3 Å². The van der Waals surface area contributed by atoms with Gasteiger partial charge in [0.25, 0.3) is 0 Å². The van der Waals surface area contributed by atoms with Crippen LogP contribution in [0.1, 0.15) is 44.6 Å². The van der Waals surface area contributed by atoms with E-state index in [4.69, 9.17) is 9.47 Å².